The smallest absolute Gasteiger partial charge is 0.327 e. The molecule has 0 fully saturated rings. The van der Waals surface area contributed by atoms with Crippen molar-refractivity contribution >= 4 is 11.4 Å². The Balaban J connectivity index is 2.11. The Bertz CT molecular complexity index is 647. The second-order valence-electron chi connectivity index (χ2n) is 4.34. The van der Waals surface area contributed by atoms with Crippen LogP contribution in [0.4, 0.5) is 20.2 Å². The van der Waals surface area contributed by atoms with Crippen LogP contribution in [0.5, 0.6) is 0 Å². The van der Waals surface area contributed by atoms with Crippen molar-refractivity contribution in [3.8, 4) is 0 Å². The first kappa shape index (κ1) is 14.9. The van der Waals surface area contributed by atoms with Crippen molar-refractivity contribution in [1.82, 2.24) is 0 Å². The zero-order chi connectivity index (χ0) is 15.4. The van der Waals surface area contributed by atoms with Crippen LogP contribution in [0.1, 0.15) is 11.7 Å². The van der Waals surface area contributed by atoms with Gasteiger partial charge >= 0.3 is 5.69 Å². The van der Waals surface area contributed by atoms with E-state index < -0.39 is 28.3 Å². The minimum absolute atomic E-state index is 0.0267. The largest absolute Gasteiger partial charge is 0.387 e. The second kappa shape index (κ2) is 6.27. The topological polar surface area (TPSA) is 75.4 Å². The molecule has 0 spiro atoms. The van der Waals surface area contributed by atoms with Crippen molar-refractivity contribution in [3.05, 3.63) is 69.8 Å². The van der Waals surface area contributed by atoms with E-state index in [0.29, 0.717) is 5.56 Å². The summed E-state index contributed by atoms with van der Waals surface area (Å²) in [6.45, 7) is -0.0735. The van der Waals surface area contributed by atoms with E-state index in [4.69, 9.17) is 0 Å². The lowest BCUT2D eigenvalue weighted by molar-refractivity contribution is -0.386. The Kier molecular flexibility index (Phi) is 4.44. The van der Waals surface area contributed by atoms with Crippen LogP contribution < -0.4 is 5.32 Å². The summed E-state index contributed by atoms with van der Waals surface area (Å²) in [5.41, 5.74) is -0.257. The standard InChI is InChI=1S/C14H12F2N2O3/c15-10-6-4-9(5-7-10)13(19)8-17-12-3-1-2-11(16)14(12)18(20)21/h1-7,13,17,19H,8H2/t13-/m0/s1. The number of nitro groups is 1. The molecule has 0 aliphatic heterocycles. The molecule has 0 aliphatic carbocycles. The van der Waals surface area contributed by atoms with Crippen LogP contribution in [0.3, 0.4) is 0 Å². The van der Waals surface area contributed by atoms with Gasteiger partial charge in [-0.2, -0.15) is 4.39 Å². The molecule has 0 aliphatic rings. The van der Waals surface area contributed by atoms with Gasteiger partial charge < -0.3 is 10.4 Å². The van der Waals surface area contributed by atoms with E-state index in [1.807, 2.05) is 0 Å². The van der Waals surface area contributed by atoms with Gasteiger partial charge in [0.15, 0.2) is 0 Å². The van der Waals surface area contributed by atoms with Gasteiger partial charge in [0.05, 0.1) is 11.0 Å². The molecular weight excluding hydrogens is 282 g/mol. The minimum atomic E-state index is -1.01. The Morgan fingerprint density at radius 1 is 1.19 bits per heavy atom. The molecule has 0 unspecified atom stereocenters. The molecule has 0 bridgehead atoms. The zero-order valence-electron chi connectivity index (χ0n) is 10.8. The van der Waals surface area contributed by atoms with Crippen LogP contribution in [0.2, 0.25) is 0 Å². The Labute approximate surface area is 119 Å². The number of nitrogens with zero attached hydrogens (tertiary/aromatic N) is 1. The van der Waals surface area contributed by atoms with Crippen LogP contribution in [-0.4, -0.2) is 16.6 Å². The summed E-state index contributed by atoms with van der Waals surface area (Å²) in [5.74, 6) is -1.39. The molecule has 21 heavy (non-hydrogen) atoms. The first-order valence-electron chi connectivity index (χ1n) is 6.09. The maximum absolute atomic E-state index is 13.4. The van der Waals surface area contributed by atoms with Crippen molar-refractivity contribution in [1.29, 1.82) is 0 Å². The molecule has 2 N–H and O–H groups in total. The summed E-state index contributed by atoms with van der Waals surface area (Å²) < 4.78 is 26.2. The van der Waals surface area contributed by atoms with Crippen LogP contribution in [-0.2, 0) is 0 Å². The average Bonchev–Trinajstić information content (AvgIpc) is 2.45. The van der Waals surface area contributed by atoms with Crippen LogP contribution in [0.25, 0.3) is 0 Å². The molecule has 7 heteroatoms. The van der Waals surface area contributed by atoms with Crippen molar-refractivity contribution < 1.29 is 18.8 Å². The Hall–Kier alpha value is -2.54. The molecule has 0 amide bonds. The number of para-hydroxylation sites is 1. The fraction of sp³-hybridized carbons (Fsp3) is 0.143. The van der Waals surface area contributed by atoms with Crippen molar-refractivity contribution in [2.45, 2.75) is 6.10 Å². The summed E-state index contributed by atoms with van der Waals surface area (Å²) in [7, 11) is 0. The molecular formula is C14H12F2N2O3. The van der Waals surface area contributed by atoms with Crippen LogP contribution in [0, 0.1) is 21.7 Å². The molecule has 0 heterocycles. The summed E-state index contributed by atoms with van der Waals surface area (Å²) in [6.07, 6.45) is -1.01. The predicted molar refractivity (Wildman–Crippen MR) is 72.9 cm³/mol. The number of hydrogen-bond donors (Lipinski definition) is 2. The van der Waals surface area contributed by atoms with Crippen molar-refractivity contribution in [2.24, 2.45) is 0 Å². The van der Waals surface area contributed by atoms with Crippen LogP contribution >= 0.6 is 0 Å². The number of aliphatic hydroxyl groups excluding tert-OH is 1. The van der Waals surface area contributed by atoms with Gasteiger partial charge in [0.25, 0.3) is 0 Å². The summed E-state index contributed by atoms with van der Waals surface area (Å²) in [6, 6.07) is 8.86. The number of aliphatic hydroxyl groups is 1. The lowest BCUT2D eigenvalue weighted by Crippen LogP contribution is -2.13. The molecule has 2 aromatic rings. The lowest BCUT2D eigenvalue weighted by atomic mass is 10.1. The molecule has 2 rings (SSSR count). The van der Waals surface area contributed by atoms with Gasteiger partial charge in [-0.15, -0.1) is 0 Å². The van der Waals surface area contributed by atoms with Gasteiger partial charge in [0, 0.05) is 6.54 Å². The third-order valence-corrected chi connectivity index (χ3v) is 2.91. The highest BCUT2D eigenvalue weighted by molar-refractivity contribution is 5.62. The van der Waals surface area contributed by atoms with Gasteiger partial charge in [-0.25, -0.2) is 4.39 Å². The Morgan fingerprint density at radius 3 is 2.48 bits per heavy atom. The third-order valence-electron chi connectivity index (χ3n) is 2.91. The molecule has 0 saturated heterocycles. The van der Waals surface area contributed by atoms with Crippen molar-refractivity contribution in [3.63, 3.8) is 0 Å². The highest BCUT2D eigenvalue weighted by Crippen LogP contribution is 2.27. The maximum Gasteiger partial charge on any atom is 0.327 e. The summed E-state index contributed by atoms with van der Waals surface area (Å²) in [4.78, 5) is 9.98. The number of rotatable bonds is 5. The van der Waals surface area contributed by atoms with Crippen molar-refractivity contribution in [2.75, 3.05) is 11.9 Å². The van der Waals surface area contributed by atoms with E-state index in [1.165, 1.54) is 36.4 Å². The van der Waals surface area contributed by atoms with Crippen LogP contribution in [0.15, 0.2) is 42.5 Å². The highest BCUT2D eigenvalue weighted by Gasteiger charge is 2.20. The van der Waals surface area contributed by atoms with E-state index in [-0.39, 0.29) is 12.2 Å². The Morgan fingerprint density at radius 2 is 1.86 bits per heavy atom. The number of halogens is 2. The number of anilines is 1. The first-order chi connectivity index (χ1) is 9.99. The molecule has 1 atom stereocenters. The zero-order valence-corrected chi connectivity index (χ0v) is 10.8. The predicted octanol–water partition coefficient (Wildman–Crippen LogP) is 3.02. The highest BCUT2D eigenvalue weighted by atomic mass is 19.1. The summed E-state index contributed by atoms with van der Waals surface area (Å²) >= 11 is 0. The monoisotopic (exact) mass is 294 g/mol. The second-order valence-corrected chi connectivity index (χ2v) is 4.34. The quantitative estimate of drug-likeness (QED) is 0.656. The van der Waals surface area contributed by atoms with E-state index in [1.54, 1.807) is 0 Å². The SMILES string of the molecule is O=[N+]([O-])c1c(F)cccc1NC[C@H](O)c1ccc(F)cc1. The van der Waals surface area contributed by atoms with E-state index in [0.717, 1.165) is 6.07 Å². The van der Waals surface area contributed by atoms with E-state index in [9.17, 15) is 24.0 Å². The number of nitro benzene ring substituents is 1. The van der Waals surface area contributed by atoms with E-state index >= 15 is 0 Å². The fourth-order valence-electron chi connectivity index (χ4n) is 1.85. The van der Waals surface area contributed by atoms with E-state index in [2.05, 4.69) is 5.32 Å². The summed E-state index contributed by atoms with van der Waals surface area (Å²) in [5, 5.41) is 23.4. The third kappa shape index (κ3) is 3.51. The van der Waals surface area contributed by atoms with Gasteiger partial charge in [-0.3, -0.25) is 10.1 Å². The lowest BCUT2D eigenvalue weighted by Gasteiger charge is -2.13. The first-order valence-corrected chi connectivity index (χ1v) is 6.09. The number of hydrogen-bond acceptors (Lipinski definition) is 4. The fourth-order valence-corrected chi connectivity index (χ4v) is 1.85. The molecule has 0 saturated carbocycles. The normalized spacial score (nSPS) is 12.0. The molecule has 5 nitrogen and oxygen atoms in total. The molecule has 110 valence electrons. The number of benzene rings is 2. The van der Waals surface area contributed by atoms with Gasteiger partial charge in [0.2, 0.25) is 5.82 Å². The van der Waals surface area contributed by atoms with Gasteiger partial charge in [-0.1, -0.05) is 18.2 Å². The average molecular weight is 294 g/mol. The molecule has 2 aromatic carbocycles. The maximum atomic E-state index is 13.4. The molecule has 0 radical (unpaired) electrons. The number of nitrogens with one attached hydrogen (secondary N) is 1. The van der Waals surface area contributed by atoms with Gasteiger partial charge in [0.1, 0.15) is 11.5 Å². The molecule has 0 aromatic heterocycles. The minimum Gasteiger partial charge on any atom is -0.387 e. The van der Waals surface area contributed by atoms with Gasteiger partial charge in [-0.05, 0) is 29.8 Å².